The zero-order valence-corrected chi connectivity index (χ0v) is 11.1. The van der Waals surface area contributed by atoms with Crippen molar-refractivity contribution in [1.29, 1.82) is 0 Å². The van der Waals surface area contributed by atoms with Gasteiger partial charge in [0.15, 0.2) is 0 Å². The number of hydrogen-bond donors (Lipinski definition) is 1. The molecule has 0 radical (unpaired) electrons. The van der Waals surface area contributed by atoms with E-state index < -0.39 is 8.80 Å². The first-order valence-corrected chi connectivity index (χ1v) is 7.76. The quantitative estimate of drug-likeness (QED) is 0.479. The Hall–Kier alpha value is 0.407. The molecule has 0 saturated heterocycles. The van der Waals surface area contributed by atoms with E-state index in [0.717, 1.165) is 30.5 Å². The van der Waals surface area contributed by atoms with Gasteiger partial charge in [0.1, 0.15) is 0 Å². The second-order valence-electron chi connectivity index (χ2n) is 2.80. The Labute approximate surface area is 91.8 Å². The van der Waals surface area contributed by atoms with Crippen LogP contribution in [0.3, 0.4) is 0 Å². The van der Waals surface area contributed by atoms with Gasteiger partial charge in [-0.2, -0.15) is 11.8 Å². The van der Waals surface area contributed by atoms with E-state index in [4.69, 9.17) is 19.0 Å². The SMILES string of the molecule is CO[Si](CCSCCCN)(OC)OC. The van der Waals surface area contributed by atoms with E-state index in [1.807, 2.05) is 11.8 Å². The Balaban J connectivity index is 3.61. The Morgan fingerprint density at radius 1 is 1.07 bits per heavy atom. The monoisotopic (exact) mass is 239 g/mol. The normalized spacial score (nSPS) is 12.0. The van der Waals surface area contributed by atoms with Crippen LogP contribution in [0.25, 0.3) is 0 Å². The molecule has 0 saturated carbocycles. The number of thioether (sulfide) groups is 1. The van der Waals surface area contributed by atoms with Crippen molar-refractivity contribution in [2.45, 2.75) is 12.5 Å². The third-order valence-electron chi connectivity index (χ3n) is 1.98. The largest absolute Gasteiger partial charge is 0.500 e. The summed E-state index contributed by atoms with van der Waals surface area (Å²) in [6, 6.07) is 0.853. The minimum atomic E-state index is -2.33. The molecule has 0 fully saturated rings. The Bertz CT molecular complexity index is 127. The van der Waals surface area contributed by atoms with Gasteiger partial charge < -0.3 is 19.0 Å². The van der Waals surface area contributed by atoms with E-state index in [1.165, 1.54) is 0 Å². The number of rotatable bonds is 9. The molecule has 6 heteroatoms. The molecule has 0 aliphatic rings. The molecule has 0 aromatic rings. The van der Waals surface area contributed by atoms with Crippen LogP contribution >= 0.6 is 11.8 Å². The third kappa shape index (κ3) is 5.33. The molecule has 0 amide bonds. The fourth-order valence-electron chi connectivity index (χ4n) is 1.04. The molecule has 14 heavy (non-hydrogen) atoms. The summed E-state index contributed by atoms with van der Waals surface area (Å²) in [6.45, 7) is 0.758. The molecule has 0 rings (SSSR count). The van der Waals surface area contributed by atoms with Crippen molar-refractivity contribution >= 4 is 20.6 Å². The molecule has 4 nitrogen and oxygen atoms in total. The maximum absolute atomic E-state index is 5.40. The van der Waals surface area contributed by atoms with Crippen molar-refractivity contribution < 1.29 is 13.3 Å². The van der Waals surface area contributed by atoms with Crippen molar-refractivity contribution in [3.8, 4) is 0 Å². The van der Waals surface area contributed by atoms with Gasteiger partial charge in [0.25, 0.3) is 0 Å². The first-order valence-electron chi connectivity index (χ1n) is 4.68. The lowest BCUT2D eigenvalue weighted by atomic mass is 10.5. The predicted molar refractivity (Wildman–Crippen MR) is 62.6 cm³/mol. The average molecular weight is 239 g/mol. The highest BCUT2D eigenvalue weighted by atomic mass is 32.2. The van der Waals surface area contributed by atoms with Crippen LogP contribution in [0.2, 0.25) is 6.04 Å². The molecular weight excluding hydrogens is 218 g/mol. The van der Waals surface area contributed by atoms with Crippen LogP contribution in [0.5, 0.6) is 0 Å². The van der Waals surface area contributed by atoms with Crippen LogP contribution in [-0.2, 0) is 13.3 Å². The topological polar surface area (TPSA) is 53.7 Å². The molecule has 0 aromatic heterocycles. The molecule has 0 heterocycles. The Morgan fingerprint density at radius 3 is 2.07 bits per heavy atom. The standard InChI is InChI=1S/C8H21NO3SSi/c1-10-14(11-2,12-3)8-7-13-6-4-5-9/h4-9H2,1-3H3. The van der Waals surface area contributed by atoms with Gasteiger partial charge >= 0.3 is 8.80 Å². The van der Waals surface area contributed by atoms with Gasteiger partial charge in [-0.25, -0.2) is 0 Å². The maximum Gasteiger partial charge on any atom is 0.500 e. The zero-order chi connectivity index (χ0) is 10.9. The summed E-state index contributed by atoms with van der Waals surface area (Å²) in [6.07, 6.45) is 1.06. The van der Waals surface area contributed by atoms with Gasteiger partial charge in [-0.15, -0.1) is 0 Å². The average Bonchev–Trinajstić information content (AvgIpc) is 2.24. The van der Waals surface area contributed by atoms with E-state index in [1.54, 1.807) is 21.3 Å². The molecule has 86 valence electrons. The first-order chi connectivity index (χ1) is 6.74. The second-order valence-corrected chi connectivity index (χ2v) is 7.12. The summed E-state index contributed by atoms with van der Waals surface area (Å²) in [5.41, 5.74) is 5.40. The van der Waals surface area contributed by atoms with Crippen LogP contribution in [-0.4, -0.2) is 48.2 Å². The van der Waals surface area contributed by atoms with Gasteiger partial charge in [-0.1, -0.05) is 0 Å². The molecule has 2 N–H and O–H groups in total. The molecule has 0 atom stereocenters. The van der Waals surface area contributed by atoms with Gasteiger partial charge in [0.2, 0.25) is 0 Å². The zero-order valence-electron chi connectivity index (χ0n) is 9.25. The van der Waals surface area contributed by atoms with Crippen LogP contribution in [0.15, 0.2) is 0 Å². The van der Waals surface area contributed by atoms with Crippen LogP contribution in [0.4, 0.5) is 0 Å². The third-order valence-corrected chi connectivity index (χ3v) is 6.14. The van der Waals surface area contributed by atoms with Crippen molar-refractivity contribution in [3.05, 3.63) is 0 Å². The van der Waals surface area contributed by atoms with E-state index >= 15 is 0 Å². The molecule has 0 aliphatic carbocycles. The van der Waals surface area contributed by atoms with E-state index in [-0.39, 0.29) is 0 Å². The van der Waals surface area contributed by atoms with E-state index in [0.29, 0.717) is 0 Å². The number of hydrogen-bond acceptors (Lipinski definition) is 5. The van der Waals surface area contributed by atoms with Gasteiger partial charge in [0.05, 0.1) is 0 Å². The summed E-state index contributed by atoms with van der Waals surface area (Å²) in [5.74, 6) is 2.10. The predicted octanol–water partition coefficient (Wildman–Crippen LogP) is 0.947. The lowest BCUT2D eigenvalue weighted by Gasteiger charge is -2.23. The summed E-state index contributed by atoms with van der Waals surface area (Å²) < 4.78 is 15.9. The molecular formula is C8H21NO3SSi. The van der Waals surface area contributed by atoms with Crippen LogP contribution in [0.1, 0.15) is 6.42 Å². The highest BCUT2D eigenvalue weighted by molar-refractivity contribution is 7.99. The highest BCUT2D eigenvalue weighted by Crippen LogP contribution is 2.16. The first kappa shape index (κ1) is 14.4. The van der Waals surface area contributed by atoms with Crippen LogP contribution < -0.4 is 5.73 Å². The summed E-state index contributed by atoms with van der Waals surface area (Å²) >= 11 is 1.87. The Morgan fingerprint density at radius 2 is 1.64 bits per heavy atom. The minimum Gasteiger partial charge on any atom is -0.377 e. The summed E-state index contributed by atoms with van der Waals surface area (Å²) in [5, 5.41) is 0. The van der Waals surface area contributed by atoms with E-state index in [9.17, 15) is 0 Å². The molecule has 0 aromatic carbocycles. The molecule has 0 spiro atoms. The molecule has 0 aliphatic heterocycles. The van der Waals surface area contributed by atoms with Crippen molar-refractivity contribution in [2.75, 3.05) is 39.4 Å². The fraction of sp³-hybridized carbons (Fsp3) is 1.00. The minimum absolute atomic E-state index is 0.758. The van der Waals surface area contributed by atoms with Crippen molar-refractivity contribution in [3.63, 3.8) is 0 Å². The van der Waals surface area contributed by atoms with E-state index in [2.05, 4.69) is 0 Å². The van der Waals surface area contributed by atoms with Crippen LogP contribution in [0, 0.1) is 0 Å². The Kier molecular flexibility index (Phi) is 8.95. The smallest absolute Gasteiger partial charge is 0.377 e. The molecule has 0 unspecified atom stereocenters. The van der Waals surface area contributed by atoms with Gasteiger partial charge in [-0.05, 0) is 24.5 Å². The molecule has 0 bridgehead atoms. The lowest BCUT2D eigenvalue weighted by Crippen LogP contribution is -2.43. The van der Waals surface area contributed by atoms with Crippen molar-refractivity contribution in [2.24, 2.45) is 5.73 Å². The highest BCUT2D eigenvalue weighted by Gasteiger charge is 2.36. The van der Waals surface area contributed by atoms with Gasteiger partial charge in [-0.3, -0.25) is 0 Å². The maximum atomic E-state index is 5.40. The summed E-state index contributed by atoms with van der Waals surface area (Å²) in [4.78, 5) is 0. The van der Waals surface area contributed by atoms with Crippen molar-refractivity contribution in [1.82, 2.24) is 0 Å². The lowest BCUT2D eigenvalue weighted by molar-refractivity contribution is 0.125. The summed E-state index contributed by atoms with van der Waals surface area (Å²) in [7, 11) is 2.60. The fourth-order valence-corrected chi connectivity index (χ4v) is 4.31. The second kappa shape index (κ2) is 8.69. The van der Waals surface area contributed by atoms with Gasteiger partial charge in [0, 0.05) is 27.4 Å². The number of nitrogens with two attached hydrogens (primary N) is 1.